The monoisotopic (exact) mass is 400 g/mol. The molecule has 0 bridgehead atoms. The minimum Gasteiger partial charge on any atom is -0.489 e. The third-order valence-electron chi connectivity index (χ3n) is 5.32. The number of nitrogens with zero attached hydrogens (tertiary/aromatic N) is 2. The Balaban J connectivity index is 1.44. The van der Waals surface area contributed by atoms with Crippen LogP contribution in [0.15, 0.2) is 28.8 Å². The van der Waals surface area contributed by atoms with E-state index in [0.29, 0.717) is 12.4 Å². The van der Waals surface area contributed by atoms with Gasteiger partial charge in [-0.25, -0.2) is 0 Å². The van der Waals surface area contributed by atoms with Gasteiger partial charge >= 0.3 is 5.97 Å². The summed E-state index contributed by atoms with van der Waals surface area (Å²) in [5, 5.41) is 3.91. The molecule has 1 aromatic carbocycles. The van der Waals surface area contributed by atoms with Gasteiger partial charge in [-0.3, -0.25) is 9.59 Å². The Labute approximate surface area is 171 Å². The Hall–Kier alpha value is -2.83. The molecule has 0 unspecified atom stereocenters. The van der Waals surface area contributed by atoms with E-state index in [1.807, 2.05) is 37.8 Å². The van der Waals surface area contributed by atoms with Crippen LogP contribution in [0.2, 0.25) is 0 Å². The molecule has 1 aliphatic rings. The molecule has 29 heavy (non-hydrogen) atoms. The summed E-state index contributed by atoms with van der Waals surface area (Å²) < 4.78 is 16.1. The molecule has 0 N–H and O–H groups in total. The molecule has 0 spiro atoms. The number of carbonyl (C=O) groups is 2. The van der Waals surface area contributed by atoms with Crippen LogP contribution >= 0.6 is 0 Å². The molecule has 1 amide bonds. The zero-order valence-corrected chi connectivity index (χ0v) is 17.3. The zero-order chi connectivity index (χ0) is 20.8. The number of piperidine rings is 1. The number of amides is 1. The van der Waals surface area contributed by atoms with Crippen molar-refractivity contribution < 1.29 is 23.6 Å². The second-order valence-electron chi connectivity index (χ2n) is 7.50. The Morgan fingerprint density at radius 2 is 1.97 bits per heavy atom. The number of aromatic nitrogens is 1. The van der Waals surface area contributed by atoms with Crippen LogP contribution in [-0.4, -0.2) is 41.1 Å². The van der Waals surface area contributed by atoms with Gasteiger partial charge in [-0.15, -0.1) is 0 Å². The summed E-state index contributed by atoms with van der Waals surface area (Å²) in [7, 11) is 0. The van der Waals surface area contributed by atoms with E-state index in [9.17, 15) is 9.59 Å². The molecule has 1 aliphatic heterocycles. The molecule has 0 radical (unpaired) electrons. The number of ether oxygens (including phenoxy) is 2. The number of benzene rings is 1. The lowest BCUT2D eigenvalue weighted by atomic mass is 10.0. The summed E-state index contributed by atoms with van der Waals surface area (Å²) >= 11 is 0. The van der Waals surface area contributed by atoms with Crippen molar-refractivity contribution in [3.05, 3.63) is 46.8 Å². The smallest absolute Gasteiger partial charge is 0.310 e. The van der Waals surface area contributed by atoms with Gasteiger partial charge in [0.15, 0.2) is 6.61 Å². The van der Waals surface area contributed by atoms with Crippen molar-refractivity contribution in [2.75, 3.05) is 13.2 Å². The van der Waals surface area contributed by atoms with Crippen molar-refractivity contribution in [1.82, 2.24) is 10.1 Å². The van der Waals surface area contributed by atoms with Crippen LogP contribution in [0.1, 0.15) is 48.8 Å². The van der Waals surface area contributed by atoms with Crippen LogP contribution < -0.4 is 4.74 Å². The van der Waals surface area contributed by atoms with Crippen LogP contribution in [0.4, 0.5) is 0 Å². The highest BCUT2D eigenvalue weighted by atomic mass is 16.5. The number of rotatable bonds is 7. The number of aryl methyl sites for hydroxylation is 2. The fraction of sp³-hybridized carbons (Fsp3) is 0.500. The molecule has 1 aromatic heterocycles. The van der Waals surface area contributed by atoms with Crippen molar-refractivity contribution in [3.8, 4) is 5.75 Å². The lowest BCUT2D eigenvalue weighted by Crippen LogP contribution is -2.44. The SMILES string of the molecule is Cc1noc(C)c1COc1ccc(CC(=O)OCC(=O)N2CCCC[C@@H]2C)cc1. The quantitative estimate of drug-likeness (QED) is 0.663. The van der Waals surface area contributed by atoms with Gasteiger partial charge in [0.25, 0.3) is 5.91 Å². The van der Waals surface area contributed by atoms with Crippen molar-refractivity contribution in [2.45, 2.75) is 59.1 Å². The Morgan fingerprint density at radius 3 is 2.62 bits per heavy atom. The minimum absolute atomic E-state index is 0.117. The van der Waals surface area contributed by atoms with Crippen LogP contribution in [0.5, 0.6) is 5.75 Å². The van der Waals surface area contributed by atoms with Gasteiger partial charge in [0, 0.05) is 12.6 Å². The highest BCUT2D eigenvalue weighted by Crippen LogP contribution is 2.19. The van der Waals surface area contributed by atoms with E-state index in [0.717, 1.165) is 48.4 Å². The average Bonchev–Trinajstić information content (AvgIpc) is 3.03. The van der Waals surface area contributed by atoms with Gasteiger partial charge in [0.1, 0.15) is 18.1 Å². The molecule has 0 aliphatic carbocycles. The predicted octanol–water partition coefficient (Wildman–Crippen LogP) is 3.36. The molecule has 1 saturated heterocycles. The number of carbonyl (C=O) groups excluding carboxylic acids is 2. The van der Waals surface area contributed by atoms with E-state index in [4.69, 9.17) is 14.0 Å². The summed E-state index contributed by atoms with van der Waals surface area (Å²) in [6, 6.07) is 7.47. The molecule has 7 heteroatoms. The molecule has 0 saturated carbocycles. The van der Waals surface area contributed by atoms with Crippen molar-refractivity contribution in [1.29, 1.82) is 0 Å². The zero-order valence-electron chi connectivity index (χ0n) is 17.3. The Kier molecular flexibility index (Phi) is 6.90. The topological polar surface area (TPSA) is 81.9 Å². The maximum absolute atomic E-state index is 12.2. The maximum atomic E-state index is 12.2. The van der Waals surface area contributed by atoms with Crippen LogP contribution in [0.3, 0.4) is 0 Å². The fourth-order valence-electron chi connectivity index (χ4n) is 3.48. The molecular formula is C22H28N2O5. The van der Waals surface area contributed by atoms with Gasteiger partial charge in [-0.1, -0.05) is 17.3 Å². The van der Waals surface area contributed by atoms with Crippen LogP contribution in [0, 0.1) is 13.8 Å². The highest BCUT2D eigenvalue weighted by Gasteiger charge is 2.23. The average molecular weight is 400 g/mol. The Morgan fingerprint density at radius 1 is 1.21 bits per heavy atom. The lowest BCUT2D eigenvalue weighted by molar-refractivity contribution is -0.152. The van der Waals surface area contributed by atoms with E-state index in [-0.39, 0.29) is 25.0 Å². The van der Waals surface area contributed by atoms with E-state index in [1.165, 1.54) is 0 Å². The van der Waals surface area contributed by atoms with Crippen LogP contribution in [-0.2, 0) is 27.4 Å². The van der Waals surface area contributed by atoms with Crippen molar-refractivity contribution in [3.63, 3.8) is 0 Å². The standard InChI is InChI=1S/C22H28N2O5/c1-15-6-4-5-11-24(15)21(25)14-28-22(26)12-18-7-9-19(10-8-18)27-13-20-16(2)23-29-17(20)3/h7-10,15H,4-6,11-14H2,1-3H3/t15-/m0/s1. The first-order valence-corrected chi connectivity index (χ1v) is 10.0. The number of hydrogen-bond donors (Lipinski definition) is 0. The second-order valence-corrected chi connectivity index (χ2v) is 7.50. The summed E-state index contributed by atoms with van der Waals surface area (Å²) in [6.45, 7) is 6.69. The molecule has 1 atom stereocenters. The molecule has 156 valence electrons. The normalized spacial score (nSPS) is 16.5. The molecular weight excluding hydrogens is 372 g/mol. The first-order chi connectivity index (χ1) is 13.9. The summed E-state index contributed by atoms with van der Waals surface area (Å²) in [5.74, 6) is 0.910. The van der Waals surface area contributed by atoms with Crippen molar-refractivity contribution in [2.24, 2.45) is 0 Å². The van der Waals surface area contributed by atoms with Crippen molar-refractivity contribution >= 4 is 11.9 Å². The van der Waals surface area contributed by atoms with Crippen LogP contribution in [0.25, 0.3) is 0 Å². The first kappa shape index (κ1) is 20.9. The fourth-order valence-corrected chi connectivity index (χ4v) is 3.48. The van der Waals surface area contributed by atoms with Gasteiger partial charge in [0.05, 0.1) is 17.7 Å². The van der Waals surface area contributed by atoms with E-state index >= 15 is 0 Å². The van der Waals surface area contributed by atoms with Gasteiger partial charge in [0.2, 0.25) is 0 Å². The largest absolute Gasteiger partial charge is 0.489 e. The second kappa shape index (κ2) is 9.58. The van der Waals surface area contributed by atoms with Gasteiger partial charge in [-0.05, 0) is 57.7 Å². The Bertz CT molecular complexity index is 824. The number of hydrogen-bond acceptors (Lipinski definition) is 6. The van der Waals surface area contributed by atoms with Gasteiger partial charge < -0.3 is 18.9 Å². The molecule has 7 nitrogen and oxygen atoms in total. The predicted molar refractivity (Wildman–Crippen MR) is 106 cm³/mol. The number of likely N-dealkylation sites (tertiary alicyclic amines) is 1. The van der Waals surface area contributed by atoms with E-state index in [2.05, 4.69) is 5.16 Å². The van der Waals surface area contributed by atoms with E-state index < -0.39 is 5.97 Å². The minimum atomic E-state index is -0.410. The molecule has 3 rings (SSSR count). The lowest BCUT2D eigenvalue weighted by Gasteiger charge is -2.33. The summed E-state index contributed by atoms with van der Waals surface area (Å²) in [5.41, 5.74) is 2.55. The molecule has 1 fully saturated rings. The highest BCUT2D eigenvalue weighted by molar-refractivity contribution is 5.81. The maximum Gasteiger partial charge on any atom is 0.310 e. The summed E-state index contributed by atoms with van der Waals surface area (Å²) in [6.07, 6.45) is 3.27. The third-order valence-corrected chi connectivity index (χ3v) is 5.32. The van der Waals surface area contributed by atoms with Gasteiger partial charge in [-0.2, -0.15) is 0 Å². The molecule has 2 heterocycles. The molecule has 2 aromatic rings. The van der Waals surface area contributed by atoms with E-state index in [1.54, 1.807) is 12.1 Å². The number of esters is 1. The first-order valence-electron chi connectivity index (χ1n) is 10.0. The third kappa shape index (κ3) is 5.59. The summed E-state index contributed by atoms with van der Waals surface area (Å²) in [4.78, 5) is 26.1.